The Morgan fingerprint density at radius 1 is 0.923 bits per heavy atom. The molecule has 5 nitrogen and oxygen atoms in total. The molecule has 130 valence electrons. The van der Waals surface area contributed by atoms with Gasteiger partial charge < -0.3 is 9.30 Å². The number of carbonyl (C=O) groups is 2. The molecule has 0 bridgehead atoms. The van der Waals surface area contributed by atoms with E-state index in [9.17, 15) is 9.59 Å². The van der Waals surface area contributed by atoms with Crippen LogP contribution in [0.5, 0.6) is 0 Å². The number of ether oxygens (including phenoxy) is 1. The largest absolute Gasteiger partial charge is 0.451 e. The molecule has 0 radical (unpaired) electrons. The van der Waals surface area contributed by atoms with Gasteiger partial charge >= 0.3 is 5.97 Å². The zero-order valence-corrected chi connectivity index (χ0v) is 14.9. The van der Waals surface area contributed by atoms with Gasteiger partial charge in [-0.15, -0.1) is 0 Å². The van der Waals surface area contributed by atoms with Gasteiger partial charge in [0.2, 0.25) is 0 Å². The van der Waals surface area contributed by atoms with Crippen LogP contribution >= 0.6 is 11.8 Å². The molecule has 2 heterocycles. The summed E-state index contributed by atoms with van der Waals surface area (Å²) >= 11 is 1.62. The van der Waals surface area contributed by atoms with E-state index in [1.165, 1.54) is 0 Å². The van der Waals surface area contributed by atoms with Gasteiger partial charge in [-0.25, -0.2) is 4.79 Å². The number of benzene rings is 2. The molecule has 0 N–H and O–H groups in total. The molecule has 1 aliphatic heterocycles. The fourth-order valence-corrected chi connectivity index (χ4v) is 3.97. The summed E-state index contributed by atoms with van der Waals surface area (Å²) in [6, 6.07) is 18.8. The van der Waals surface area contributed by atoms with Crippen molar-refractivity contribution in [2.45, 2.75) is 9.79 Å². The summed E-state index contributed by atoms with van der Waals surface area (Å²) in [6.45, 7) is -0.322. The summed E-state index contributed by atoms with van der Waals surface area (Å²) in [5.41, 5.74) is 2.01. The first kappa shape index (κ1) is 16.5. The molecule has 0 unspecified atom stereocenters. The molecular formula is C20H16N2O3S. The van der Waals surface area contributed by atoms with E-state index in [0.29, 0.717) is 5.69 Å². The fraction of sp³-hybridized carbons (Fsp3) is 0.100. The lowest BCUT2D eigenvalue weighted by Gasteiger charge is -2.30. The fourth-order valence-electron chi connectivity index (χ4n) is 2.91. The third-order valence-corrected chi connectivity index (χ3v) is 5.29. The number of amides is 1. The number of hydrogen-bond donors (Lipinski definition) is 0. The smallest absolute Gasteiger partial charge is 0.355 e. The molecule has 0 aliphatic carbocycles. The second kappa shape index (κ2) is 6.72. The Hall–Kier alpha value is -2.99. The van der Waals surface area contributed by atoms with Crippen molar-refractivity contribution in [1.82, 2.24) is 4.57 Å². The molecule has 0 atom stereocenters. The molecule has 1 aliphatic rings. The van der Waals surface area contributed by atoms with Crippen LogP contribution in [0.4, 0.5) is 11.4 Å². The van der Waals surface area contributed by atoms with Crippen molar-refractivity contribution in [3.63, 3.8) is 0 Å². The number of rotatable bonds is 3. The van der Waals surface area contributed by atoms with Gasteiger partial charge in [0.1, 0.15) is 5.69 Å². The van der Waals surface area contributed by atoms with Gasteiger partial charge in [-0.3, -0.25) is 9.69 Å². The number of para-hydroxylation sites is 2. The van der Waals surface area contributed by atoms with Gasteiger partial charge in [-0.05, 0) is 36.4 Å². The topological polar surface area (TPSA) is 51.5 Å². The Balaban J connectivity index is 1.60. The van der Waals surface area contributed by atoms with Gasteiger partial charge in [0.05, 0.1) is 11.4 Å². The minimum absolute atomic E-state index is 0.284. The molecule has 26 heavy (non-hydrogen) atoms. The Morgan fingerprint density at radius 2 is 1.54 bits per heavy atom. The average Bonchev–Trinajstić information content (AvgIpc) is 3.10. The number of anilines is 2. The lowest BCUT2D eigenvalue weighted by atomic mass is 10.2. The highest BCUT2D eigenvalue weighted by Crippen LogP contribution is 2.47. The summed E-state index contributed by atoms with van der Waals surface area (Å²) in [4.78, 5) is 28.7. The van der Waals surface area contributed by atoms with Gasteiger partial charge in [0.15, 0.2) is 6.61 Å². The van der Waals surface area contributed by atoms with E-state index in [2.05, 4.69) is 0 Å². The number of esters is 1. The number of fused-ring (bicyclic) bond motifs is 2. The maximum absolute atomic E-state index is 12.9. The highest BCUT2D eigenvalue weighted by molar-refractivity contribution is 7.99. The maximum Gasteiger partial charge on any atom is 0.355 e. The molecule has 2 aromatic carbocycles. The molecular weight excluding hydrogens is 348 g/mol. The van der Waals surface area contributed by atoms with Crippen molar-refractivity contribution in [3.8, 4) is 0 Å². The molecule has 3 aromatic rings. The van der Waals surface area contributed by atoms with Crippen LogP contribution in [0.2, 0.25) is 0 Å². The first-order valence-electron chi connectivity index (χ1n) is 8.12. The number of hydrogen-bond acceptors (Lipinski definition) is 4. The van der Waals surface area contributed by atoms with Crippen molar-refractivity contribution in [2.24, 2.45) is 7.05 Å². The quantitative estimate of drug-likeness (QED) is 0.659. The Kier molecular flexibility index (Phi) is 4.26. The highest BCUT2D eigenvalue weighted by atomic mass is 32.2. The van der Waals surface area contributed by atoms with Crippen LogP contribution < -0.4 is 4.90 Å². The summed E-state index contributed by atoms with van der Waals surface area (Å²) in [7, 11) is 1.76. The molecule has 6 heteroatoms. The van der Waals surface area contributed by atoms with Gasteiger partial charge in [-0.2, -0.15) is 0 Å². The SMILES string of the molecule is Cn1cccc1C(=O)OCC(=O)N1c2ccccc2Sc2ccccc21. The summed E-state index contributed by atoms with van der Waals surface area (Å²) in [6.07, 6.45) is 1.76. The lowest BCUT2D eigenvalue weighted by molar-refractivity contribution is -0.121. The molecule has 0 saturated carbocycles. The van der Waals surface area contributed by atoms with Crippen molar-refractivity contribution in [1.29, 1.82) is 0 Å². The van der Waals surface area contributed by atoms with Gasteiger partial charge in [0, 0.05) is 23.0 Å². The molecule has 1 aromatic heterocycles. The van der Waals surface area contributed by atoms with Gasteiger partial charge in [0.25, 0.3) is 5.91 Å². The first-order valence-corrected chi connectivity index (χ1v) is 8.94. The van der Waals surface area contributed by atoms with Crippen LogP contribution in [0.25, 0.3) is 0 Å². The van der Waals surface area contributed by atoms with Crippen LogP contribution in [-0.4, -0.2) is 23.1 Å². The van der Waals surface area contributed by atoms with Crippen LogP contribution in [0.1, 0.15) is 10.5 Å². The number of carbonyl (C=O) groups excluding carboxylic acids is 2. The first-order chi connectivity index (χ1) is 12.6. The van der Waals surface area contributed by atoms with Gasteiger partial charge in [-0.1, -0.05) is 36.0 Å². The number of aromatic nitrogens is 1. The van der Waals surface area contributed by atoms with Crippen molar-refractivity contribution < 1.29 is 14.3 Å². The van der Waals surface area contributed by atoms with E-state index >= 15 is 0 Å². The molecule has 0 saturated heterocycles. The number of aryl methyl sites for hydroxylation is 1. The standard InChI is InChI=1S/C20H16N2O3S/c1-21-12-6-9-16(21)20(24)25-13-19(23)22-14-7-2-4-10-17(14)26-18-11-5-3-8-15(18)22/h2-12H,13H2,1H3. The highest BCUT2D eigenvalue weighted by Gasteiger charge is 2.28. The molecule has 0 fully saturated rings. The van der Waals surface area contributed by atoms with E-state index < -0.39 is 5.97 Å². The maximum atomic E-state index is 12.9. The third kappa shape index (κ3) is 2.88. The number of nitrogens with zero attached hydrogens (tertiary/aromatic N) is 2. The second-order valence-corrected chi connectivity index (χ2v) is 6.93. The van der Waals surface area contributed by atoms with Crippen LogP contribution in [-0.2, 0) is 16.6 Å². The van der Waals surface area contributed by atoms with E-state index in [4.69, 9.17) is 4.74 Å². The minimum Gasteiger partial charge on any atom is -0.451 e. The van der Waals surface area contributed by atoms with Crippen molar-refractivity contribution >= 4 is 35.0 Å². The van der Waals surface area contributed by atoms with E-state index in [-0.39, 0.29) is 12.5 Å². The second-order valence-electron chi connectivity index (χ2n) is 5.85. The predicted octanol–water partition coefficient (Wildman–Crippen LogP) is 4.01. The van der Waals surface area contributed by atoms with Crippen molar-refractivity contribution in [2.75, 3.05) is 11.5 Å². The van der Waals surface area contributed by atoms with E-state index in [1.807, 2.05) is 48.5 Å². The lowest BCUT2D eigenvalue weighted by Crippen LogP contribution is -2.32. The Morgan fingerprint density at radius 3 is 2.12 bits per heavy atom. The summed E-state index contributed by atoms with van der Waals surface area (Å²) < 4.78 is 6.92. The molecule has 1 amide bonds. The van der Waals surface area contributed by atoms with E-state index in [1.54, 1.807) is 46.6 Å². The minimum atomic E-state index is -0.515. The zero-order valence-electron chi connectivity index (χ0n) is 14.1. The predicted molar refractivity (Wildman–Crippen MR) is 99.8 cm³/mol. The summed E-state index contributed by atoms with van der Waals surface area (Å²) in [5, 5.41) is 0. The summed E-state index contributed by atoms with van der Waals surface area (Å²) in [5.74, 6) is -0.799. The third-order valence-electron chi connectivity index (χ3n) is 4.16. The van der Waals surface area contributed by atoms with Crippen LogP contribution in [0.3, 0.4) is 0 Å². The molecule has 0 spiro atoms. The monoisotopic (exact) mass is 364 g/mol. The van der Waals surface area contributed by atoms with Crippen molar-refractivity contribution in [3.05, 3.63) is 72.6 Å². The van der Waals surface area contributed by atoms with E-state index in [0.717, 1.165) is 21.2 Å². The normalized spacial score (nSPS) is 12.3. The van der Waals surface area contributed by atoms with Crippen LogP contribution in [0, 0.1) is 0 Å². The Labute approximate surface area is 155 Å². The average molecular weight is 364 g/mol. The molecule has 4 rings (SSSR count). The zero-order chi connectivity index (χ0) is 18.1. The Bertz CT molecular complexity index is 950. The van der Waals surface area contributed by atoms with Crippen LogP contribution in [0.15, 0.2) is 76.7 Å².